The summed E-state index contributed by atoms with van der Waals surface area (Å²) in [6.07, 6.45) is 1.35. The highest BCUT2D eigenvalue weighted by atomic mass is 16.6. The molecule has 0 spiro atoms. The molecule has 1 saturated heterocycles. The monoisotopic (exact) mass is 308 g/mol. The van der Waals surface area contributed by atoms with Crippen LogP contribution in [0, 0.1) is 20.2 Å². The fourth-order valence-electron chi connectivity index (χ4n) is 2.59. The zero-order valence-corrected chi connectivity index (χ0v) is 12.0. The minimum atomic E-state index is -0.653. The molecule has 0 bridgehead atoms. The van der Waals surface area contributed by atoms with E-state index in [1.165, 1.54) is 19.1 Å². The van der Waals surface area contributed by atoms with Gasteiger partial charge in [-0.1, -0.05) is 0 Å². The van der Waals surface area contributed by atoms with Gasteiger partial charge >= 0.3 is 0 Å². The van der Waals surface area contributed by atoms with E-state index in [0.29, 0.717) is 31.6 Å². The van der Waals surface area contributed by atoms with Crippen LogP contribution in [0.3, 0.4) is 0 Å². The molecule has 0 aliphatic carbocycles. The van der Waals surface area contributed by atoms with Crippen LogP contribution in [0.1, 0.15) is 19.8 Å². The minimum Gasteiger partial charge on any atom is -0.366 e. The molecule has 1 aromatic rings. The molecular formula is C13H16N4O5. The van der Waals surface area contributed by atoms with Crippen molar-refractivity contribution in [3.63, 3.8) is 0 Å². The van der Waals surface area contributed by atoms with E-state index in [4.69, 9.17) is 0 Å². The summed E-state index contributed by atoms with van der Waals surface area (Å²) in [6, 6.07) is 3.72. The van der Waals surface area contributed by atoms with Crippen LogP contribution in [-0.4, -0.2) is 34.9 Å². The Labute approximate surface area is 126 Å². The van der Waals surface area contributed by atoms with Gasteiger partial charge in [0.25, 0.3) is 11.4 Å². The SMILES string of the molecule is CC(=O)NC1CCN(c2ccc([N+](=O)[O-])cc2[N+](=O)[O-])CC1. The van der Waals surface area contributed by atoms with E-state index in [0.717, 1.165) is 6.07 Å². The fraction of sp³-hybridized carbons (Fsp3) is 0.462. The lowest BCUT2D eigenvalue weighted by molar-refractivity contribution is -0.393. The van der Waals surface area contributed by atoms with Crippen molar-refractivity contribution in [3.05, 3.63) is 38.4 Å². The Morgan fingerprint density at radius 2 is 1.86 bits per heavy atom. The second kappa shape index (κ2) is 6.37. The third-order valence-corrected chi connectivity index (χ3v) is 3.61. The third-order valence-electron chi connectivity index (χ3n) is 3.61. The van der Waals surface area contributed by atoms with E-state index < -0.39 is 9.85 Å². The molecule has 1 heterocycles. The summed E-state index contributed by atoms with van der Waals surface area (Å²) in [5.74, 6) is -0.0974. The quantitative estimate of drug-likeness (QED) is 0.666. The van der Waals surface area contributed by atoms with Crippen LogP contribution in [0.2, 0.25) is 0 Å². The number of non-ortho nitro benzene ring substituents is 1. The Balaban J connectivity index is 2.17. The van der Waals surface area contributed by atoms with Crippen molar-refractivity contribution in [1.29, 1.82) is 0 Å². The first-order valence-electron chi connectivity index (χ1n) is 6.83. The Bertz CT molecular complexity index is 610. The first-order valence-corrected chi connectivity index (χ1v) is 6.83. The lowest BCUT2D eigenvalue weighted by atomic mass is 10.0. The van der Waals surface area contributed by atoms with E-state index in [-0.39, 0.29) is 23.3 Å². The van der Waals surface area contributed by atoms with E-state index in [1.807, 2.05) is 4.90 Å². The van der Waals surface area contributed by atoms with Crippen LogP contribution in [0.25, 0.3) is 0 Å². The second-order valence-electron chi connectivity index (χ2n) is 5.15. The molecule has 0 atom stereocenters. The number of amides is 1. The van der Waals surface area contributed by atoms with Crippen molar-refractivity contribution in [1.82, 2.24) is 5.32 Å². The number of nitrogens with one attached hydrogen (secondary N) is 1. The van der Waals surface area contributed by atoms with Crippen molar-refractivity contribution < 1.29 is 14.6 Å². The van der Waals surface area contributed by atoms with Crippen molar-refractivity contribution in [3.8, 4) is 0 Å². The fourth-order valence-corrected chi connectivity index (χ4v) is 2.59. The van der Waals surface area contributed by atoms with Crippen molar-refractivity contribution in [2.24, 2.45) is 0 Å². The number of nitro groups is 2. The van der Waals surface area contributed by atoms with Crippen molar-refractivity contribution in [2.75, 3.05) is 18.0 Å². The molecule has 2 rings (SSSR count). The lowest BCUT2D eigenvalue weighted by Gasteiger charge is -2.33. The maximum Gasteiger partial charge on any atom is 0.299 e. The van der Waals surface area contributed by atoms with Gasteiger partial charge in [0.2, 0.25) is 5.91 Å². The number of hydrogen-bond acceptors (Lipinski definition) is 6. The molecule has 9 nitrogen and oxygen atoms in total. The topological polar surface area (TPSA) is 119 Å². The molecule has 9 heteroatoms. The predicted molar refractivity (Wildman–Crippen MR) is 78.8 cm³/mol. The van der Waals surface area contributed by atoms with Crippen LogP contribution >= 0.6 is 0 Å². The van der Waals surface area contributed by atoms with Gasteiger partial charge in [0, 0.05) is 32.1 Å². The van der Waals surface area contributed by atoms with E-state index >= 15 is 0 Å². The Morgan fingerprint density at radius 1 is 1.23 bits per heavy atom. The molecule has 22 heavy (non-hydrogen) atoms. The number of carbonyl (C=O) groups excluding carboxylic acids is 1. The predicted octanol–water partition coefficient (Wildman–Crippen LogP) is 1.61. The summed E-state index contributed by atoms with van der Waals surface area (Å²) >= 11 is 0. The normalized spacial score (nSPS) is 15.4. The summed E-state index contributed by atoms with van der Waals surface area (Å²) in [7, 11) is 0. The largest absolute Gasteiger partial charge is 0.366 e. The minimum absolute atomic E-state index is 0.0610. The molecule has 1 fully saturated rings. The maximum atomic E-state index is 11.1. The number of hydrogen-bond donors (Lipinski definition) is 1. The molecule has 0 radical (unpaired) electrons. The average molecular weight is 308 g/mol. The zero-order chi connectivity index (χ0) is 16.3. The van der Waals surface area contributed by atoms with Crippen molar-refractivity contribution >= 4 is 23.0 Å². The molecule has 1 N–H and O–H groups in total. The number of rotatable bonds is 4. The van der Waals surface area contributed by atoms with Crippen LogP contribution in [0.15, 0.2) is 18.2 Å². The molecule has 1 aliphatic heterocycles. The summed E-state index contributed by atoms with van der Waals surface area (Å²) in [5.41, 5.74) is -0.201. The molecule has 0 unspecified atom stereocenters. The molecular weight excluding hydrogens is 292 g/mol. The zero-order valence-electron chi connectivity index (χ0n) is 12.0. The number of piperidine rings is 1. The van der Waals surface area contributed by atoms with Gasteiger partial charge in [-0.05, 0) is 18.9 Å². The highest BCUT2D eigenvalue weighted by Crippen LogP contribution is 2.33. The first-order chi connectivity index (χ1) is 10.4. The molecule has 0 saturated carbocycles. The summed E-state index contributed by atoms with van der Waals surface area (Å²) < 4.78 is 0. The number of carbonyl (C=O) groups is 1. The van der Waals surface area contributed by atoms with Gasteiger partial charge in [0.1, 0.15) is 5.69 Å². The molecule has 1 aliphatic rings. The highest BCUT2D eigenvalue weighted by molar-refractivity contribution is 5.73. The van der Waals surface area contributed by atoms with Crippen LogP contribution in [0.4, 0.5) is 17.1 Å². The molecule has 1 amide bonds. The number of benzene rings is 1. The molecule has 0 aromatic heterocycles. The van der Waals surface area contributed by atoms with Gasteiger partial charge in [-0.15, -0.1) is 0 Å². The van der Waals surface area contributed by atoms with E-state index in [2.05, 4.69) is 5.32 Å². The standard InChI is InChI=1S/C13H16N4O5/c1-9(18)14-10-4-6-15(7-5-10)12-3-2-11(16(19)20)8-13(12)17(21)22/h2-3,8,10H,4-7H2,1H3,(H,14,18). The lowest BCUT2D eigenvalue weighted by Crippen LogP contribution is -2.44. The van der Waals surface area contributed by atoms with E-state index in [1.54, 1.807) is 0 Å². The first kappa shape index (κ1) is 15.7. The Hall–Kier alpha value is -2.71. The van der Waals surface area contributed by atoms with Gasteiger partial charge in [0.15, 0.2) is 0 Å². The van der Waals surface area contributed by atoms with Gasteiger partial charge in [0.05, 0.1) is 15.9 Å². The number of nitrogens with zero attached hydrogens (tertiary/aromatic N) is 3. The van der Waals surface area contributed by atoms with Crippen molar-refractivity contribution in [2.45, 2.75) is 25.8 Å². The average Bonchev–Trinajstić information content (AvgIpc) is 2.46. The van der Waals surface area contributed by atoms with Gasteiger partial charge in [-0.3, -0.25) is 25.0 Å². The maximum absolute atomic E-state index is 11.1. The third kappa shape index (κ3) is 3.48. The van der Waals surface area contributed by atoms with Crippen LogP contribution < -0.4 is 10.2 Å². The van der Waals surface area contributed by atoms with E-state index in [9.17, 15) is 25.0 Å². The highest BCUT2D eigenvalue weighted by Gasteiger charge is 2.27. The van der Waals surface area contributed by atoms with Gasteiger partial charge in [-0.25, -0.2) is 0 Å². The molecule has 1 aromatic carbocycles. The summed E-state index contributed by atoms with van der Waals surface area (Å²) in [5, 5.41) is 24.7. The second-order valence-corrected chi connectivity index (χ2v) is 5.15. The Kier molecular flexibility index (Phi) is 4.54. The van der Waals surface area contributed by atoms with Crippen LogP contribution in [-0.2, 0) is 4.79 Å². The number of nitro benzene ring substituents is 2. The Morgan fingerprint density at radius 3 is 2.36 bits per heavy atom. The number of anilines is 1. The van der Waals surface area contributed by atoms with Crippen LogP contribution in [0.5, 0.6) is 0 Å². The van der Waals surface area contributed by atoms with Gasteiger partial charge < -0.3 is 10.2 Å². The summed E-state index contributed by atoms with van der Waals surface area (Å²) in [4.78, 5) is 33.5. The smallest absolute Gasteiger partial charge is 0.299 e. The molecule has 118 valence electrons. The summed E-state index contributed by atoms with van der Waals surface area (Å²) in [6.45, 7) is 2.54. The van der Waals surface area contributed by atoms with Gasteiger partial charge in [-0.2, -0.15) is 0 Å².